The smallest absolute Gasteiger partial charge is 0.228 e. The number of para-hydroxylation sites is 1. The maximum Gasteiger partial charge on any atom is 0.228 e. The van der Waals surface area contributed by atoms with Gasteiger partial charge in [-0.2, -0.15) is 0 Å². The van der Waals surface area contributed by atoms with Gasteiger partial charge in [0, 0.05) is 31.7 Å². The summed E-state index contributed by atoms with van der Waals surface area (Å²) in [7, 11) is 2.01. The molecule has 0 radical (unpaired) electrons. The highest BCUT2D eigenvalue weighted by Gasteiger charge is 2.51. The van der Waals surface area contributed by atoms with Gasteiger partial charge in [-0.1, -0.05) is 48.5 Å². The number of likely N-dealkylation sites (N-methyl/N-ethyl adjacent to an activating group) is 1. The molecule has 5 rings (SSSR count). The van der Waals surface area contributed by atoms with Gasteiger partial charge in [-0.15, -0.1) is 0 Å². The number of hydrogen-bond acceptors (Lipinski definition) is 4. The van der Waals surface area contributed by atoms with E-state index in [2.05, 4.69) is 64.4 Å². The lowest BCUT2D eigenvalue weighted by atomic mass is 9.75. The van der Waals surface area contributed by atoms with Gasteiger partial charge in [0.25, 0.3) is 0 Å². The van der Waals surface area contributed by atoms with E-state index in [1.54, 1.807) is 0 Å². The van der Waals surface area contributed by atoms with E-state index in [1.807, 2.05) is 11.9 Å². The molecule has 3 aliphatic rings. The van der Waals surface area contributed by atoms with Crippen molar-refractivity contribution < 1.29 is 9.53 Å². The molecule has 182 valence electrons. The monoisotopic (exact) mass is 461 g/mol. The molecule has 5 heteroatoms. The highest BCUT2D eigenvalue weighted by atomic mass is 16.5. The van der Waals surface area contributed by atoms with E-state index >= 15 is 0 Å². The van der Waals surface area contributed by atoms with Crippen LogP contribution in [0.1, 0.15) is 43.2 Å². The maximum absolute atomic E-state index is 13.3. The van der Waals surface area contributed by atoms with E-state index in [1.165, 1.54) is 37.1 Å². The fourth-order valence-corrected chi connectivity index (χ4v) is 6.17. The first-order chi connectivity index (χ1) is 16.6. The average Bonchev–Trinajstić information content (AvgIpc) is 3.46. The van der Waals surface area contributed by atoms with Crippen LogP contribution in [0.5, 0.6) is 5.75 Å². The zero-order chi connectivity index (χ0) is 23.4. The number of hydrogen-bond donors (Lipinski definition) is 0. The highest BCUT2D eigenvalue weighted by Crippen LogP contribution is 2.45. The van der Waals surface area contributed by atoms with E-state index in [0.29, 0.717) is 11.9 Å². The molecule has 1 unspecified atom stereocenters. The largest absolute Gasteiger partial charge is 0.492 e. The quantitative estimate of drug-likeness (QED) is 0.590. The Morgan fingerprint density at radius 2 is 1.62 bits per heavy atom. The second-order valence-electron chi connectivity index (χ2n) is 10.5. The lowest BCUT2D eigenvalue weighted by Crippen LogP contribution is -2.43. The minimum atomic E-state index is -0.170. The van der Waals surface area contributed by atoms with E-state index in [9.17, 15) is 4.79 Å². The Balaban J connectivity index is 1.15. The molecule has 0 aliphatic carbocycles. The Labute approximate surface area is 204 Å². The lowest BCUT2D eigenvalue weighted by molar-refractivity contribution is -0.137. The van der Waals surface area contributed by atoms with Crippen LogP contribution in [0.25, 0.3) is 0 Å². The minimum absolute atomic E-state index is 0.170. The molecule has 2 aromatic carbocycles. The molecular formula is C29H39N3O2. The van der Waals surface area contributed by atoms with Gasteiger partial charge in [0.05, 0.1) is 5.41 Å². The number of nitrogens with zero attached hydrogens (tertiary/aromatic N) is 3. The van der Waals surface area contributed by atoms with Crippen molar-refractivity contribution in [3.8, 4) is 5.75 Å². The second kappa shape index (κ2) is 10.5. The van der Waals surface area contributed by atoms with Crippen molar-refractivity contribution in [2.75, 3.05) is 46.4 Å². The molecule has 0 bridgehead atoms. The molecule has 3 heterocycles. The standard InChI is InChI=1S/C29H39N3O2/c1-30-26(21-24-9-3-2-4-10-24)22-29(28(30)33)13-17-32(18-14-29)23-25-11-5-6-12-27(25)34-20-19-31-15-7-8-16-31/h2-6,9-12,26H,7-8,13-23H2,1H3. The number of ether oxygens (including phenoxy) is 1. The van der Waals surface area contributed by atoms with E-state index in [0.717, 1.165) is 64.2 Å². The van der Waals surface area contributed by atoms with E-state index < -0.39 is 0 Å². The number of carbonyl (C=O) groups excluding carboxylic acids is 1. The summed E-state index contributed by atoms with van der Waals surface area (Å²) >= 11 is 0. The first-order valence-corrected chi connectivity index (χ1v) is 13.1. The summed E-state index contributed by atoms with van der Waals surface area (Å²) in [5, 5.41) is 0. The van der Waals surface area contributed by atoms with Crippen molar-refractivity contribution in [3.63, 3.8) is 0 Å². The summed E-state index contributed by atoms with van der Waals surface area (Å²) in [6.45, 7) is 7.03. The topological polar surface area (TPSA) is 36.0 Å². The molecule has 5 nitrogen and oxygen atoms in total. The van der Waals surface area contributed by atoms with E-state index in [-0.39, 0.29) is 5.41 Å². The predicted molar refractivity (Wildman–Crippen MR) is 136 cm³/mol. The van der Waals surface area contributed by atoms with Gasteiger partial charge in [0.2, 0.25) is 5.91 Å². The number of benzene rings is 2. The number of rotatable bonds is 8. The van der Waals surface area contributed by atoms with Crippen molar-refractivity contribution in [2.24, 2.45) is 5.41 Å². The van der Waals surface area contributed by atoms with Gasteiger partial charge < -0.3 is 9.64 Å². The van der Waals surface area contributed by atoms with Crippen LogP contribution in [0.2, 0.25) is 0 Å². The molecular weight excluding hydrogens is 422 g/mol. The third-order valence-electron chi connectivity index (χ3n) is 8.31. The number of likely N-dealkylation sites (tertiary alicyclic amines) is 3. The summed E-state index contributed by atoms with van der Waals surface area (Å²) in [4.78, 5) is 20.3. The maximum atomic E-state index is 13.3. The van der Waals surface area contributed by atoms with Gasteiger partial charge in [-0.25, -0.2) is 0 Å². The van der Waals surface area contributed by atoms with Gasteiger partial charge >= 0.3 is 0 Å². The molecule has 0 aromatic heterocycles. The average molecular weight is 462 g/mol. The SMILES string of the molecule is CN1C(=O)C2(CCN(Cc3ccccc3OCCN3CCCC3)CC2)CC1Cc1ccccc1. The van der Waals surface area contributed by atoms with Crippen molar-refractivity contribution >= 4 is 5.91 Å². The van der Waals surface area contributed by atoms with Crippen molar-refractivity contribution in [1.82, 2.24) is 14.7 Å². The minimum Gasteiger partial charge on any atom is -0.492 e. The number of amides is 1. The Kier molecular flexibility index (Phi) is 7.21. The van der Waals surface area contributed by atoms with Gasteiger partial charge in [-0.05, 0) is 76.3 Å². The normalized spacial score (nSPS) is 23.1. The first kappa shape index (κ1) is 23.4. The van der Waals surface area contributed by atoms with Gasteiger partial charge in [0.15, 0.2) is 0 Å². The Bertz CT molecular complexity index is 949. The van der Waals surface area contributed by atoms with Crippen molar-refractivity contribution in [1.29, 1.82) is 0 Å². The number of carbonyl (C=O) groups is 1. The molecule has 1 amide bonds. The third-order valence-corrected chi connectivity index (χ3v) is 8.31. The lowest BCUT2D eigenvalue weighted by Gasteiger charge is -2.38. The molecule has 2 aromatic rings. The van der Waals surface area contributed by atoms with E-state index in [4.69, 9.17) is 4.74 Å². The van der Waals surface area contributed by atoms with Crippen LogP contribution in [-0.2, 0) is 17.8 Å². The molecule has 0 saturated carbocycles. The molecule has 3 fully saturated rings. The summed E-state index contributed by atoms with van der Waals surface area (Å²) in [6.07, 6.45) is 6.49. The molecule has 0 N–H and O–H groups in total. The zero-order valence-corrected chi connectivity index (χ0v) is 20.6. The van der Waals surface area contributed by atoms with Crippen LogP contribution < -0.4 is 4.74 Å². The summed E-state index contributed by atoms with van der Waals surface area (Å²) in [5.41, 5.74) is 2.41. The fraction of sp³-hybridized carbons (Fsp3) is 0.552. The van der Waals surface area contributed by atoms with Crippen molar-refractivity contribution in [3.05, 3.63) is 65.7 Å². The molecule has 1 spiro atoms. The summed E-state index contributed by atoms with van der Waals surface area (Å²) in [6, 6.07) is 19.4. The van der Waals surface area contributed by atoms with Crippen LogP contribution in [0.4, 0.5) is 0 Å². The third kappa shape index (κ3) is 5.16. The van der Waals surface area contributed by atoms with Crippen LogP contribution in [0, 0.1) is 5.41 Å². The van der Waals surface area contributed by atoms with Gasteiger partial charge in [0.1, 0.15) is 12.4 Å². The summed E-state index contributed by atoms with van der Waals surface area (Å²) < 4.78 is 6.21. The Morgan fingerprint density at radius 1 is 0.912 bits per heavy atom. The second-order valence-corrected chi connectivity index (χ2v) is 10.5. The first-order valence-electron chi connectivity index (χ1n) is 13.1. The highest BCUT2D eigenvalue weighted by molar-refractivity contribution is 5.85. The molecule has 3 aliphatic heterocycles. The van der Waals surface area contributed by atoms with Crippen LogP contribution in [0.15, 0.2) is 54.6 Å². The van der Waals surface area contributed by atoms with Crippen molar-refractivity contribution in [2.45, 2.75) is 51.1 Å². The predicted octanol–water partition coefficient (Wildman–Crippen LogP) is 4.22. The fourth-order valence-electron chi connectivity index (χ4n) is 6.17. The zero-order valence-electron chi connectivity index (χ0n) is 20.6. The summed E-state index contributed by atoms with van der Waals surface area (Å²) in [5.74, 6) is 1.38. The Hall–Kier alpha value is -2.37. The molecule has 3 saturated heterocycles. The van der Waals surface area contributed by atoms with Crippen LogP contribution in [-0.4, -0.2) is 73.0 Å². The Morgan fingerprint density at radius 3 is 2.38 bits per heavy atom. The molecule has 34 heavy (non-hydrogen) atoms. The molecule has 1 atom stereocenters. The van der Waals surface area contributed by atoms with Crippen LogP contribution in [0.3, 0.4) is 0 Å². The van der Waals surface area contributed by atoms with Gasteiger partial charge in [-0.3, -0.25) is 14.6 Å². The van der Waals surface area contributed by atoms with Crippen LogP contribution >= 0.6 is 0 Å². The number of piperidine rings is 1.